The number of carbonyl (C=O) groups excluding carboxylic acids is 3. The van der Waals surface area contributed by atoms with Crippen molar-refractivity contribution in [3.63, 3.8) is 0 Å². The summed E-state index contributed by atoms with van der Waals surface area (Å²) < 4.78 is 5.06. The van der Waals surface area contributed by atoms with Crippen LogP contribution in [0.5, 0.6) is 0 Å². The summed E-state index contributed by atoms with van der Waals surface area (Å²) in [6, 6.07) is 11.2. The van der Waals surface area contributed by atoms with E-state index in [1.807, 2.05) is 22.4 Å². The molecule has 0 radical (unpaired) electrons. The lowest BCUT2D eigenvalue weighted by Gasteiger charge is -2.41. The lowest BCUT2D eigenvalue weighted by molar-refractivity contribution is -0.129. The molecule has 2 aromatic heterocycles. The van der Waals surface area contributed by atoms with Gasteiger partial charge in [-0.05, 0) is 41.8 Å². The van der Waals surface area contributed by atoms with Crippen molar-refractivity contribution < 1.29 is 18.8 Å². The molecule has 1 aromatic carbocycles. The van der Waals surface area contributed by atoms with Crippen molar-refractivity contribution in [3.05, 3.63) is 74.8 Å². The number of hydrogen-bond acceptors (Lipinski definition) is 6. The Balaban J connectivity index is 1.55. The molecule has 3 aromatic rings. The molecule has 0 spiro atoms. The highest BCUT2D eigenvalue weighted by atomic mass is 35.5. The fraction of sp³-hybridized carbons (Fsp3) is 0.227. The zero-order valence-corrected chi connectivity index (χ0v) is 19.1. The van der Waals surface area contributed by atoms with Gasteiger partial charge in [0, 0.05) is 23.7 Å². The molecule has 2 amide bonds. The Bertz CT molecular complexity index is 1120. The van der Waals surface area contributed by atoms with E-state index in [-0.39, 0.29) is 24.8 Å². The van der Waals surface area contributed by atoms with Crippen LogP contribution in [0.1, 0.15) is 15.4 Å². The van der Waals surface area contributed by atoms with Gasteiger partial charge in [-0.25, -0.2) is 0 Å². The summed E-state index contributed by atoms with van der Waals surface area (Å²) in [5.74, 6) is -1.73. The molecule has 4 rings (SSSR count). The number of anilines is 1. The van der Waals surface area contributed by atoms with Crippen molar-refractivity contribution in [2.75, 3.05) is 24.5 Å². The second-order valence-corrected chi connectivity index (χ2v) is 9.01. The van der Waals surface area contributed by atoms with Gasteiger partial charge >= 0.3 is 0 Å². The summed E-state index contributed by atoms with van der Waals surface area (Å²) in [5.41, 5.74) is 0.708. The topological polar surface area (TPSA) is 82.9 Å². The fourth-order valence-electron chi connectivity index (χ4n) is 3.53. The monoisotopic (exact) mass is 491 g/mol. The first-order chi connectivity index (χ1) is 15.4. The molecule has 3 heterocycles. The minimum Gasteiger partial charge on any atom is -0.461 e. The van der Waals surface area contributed by atoms with Crippen LogP contribution in [0, 0.1) is 0 Å². The van der Waals surface area contributed by atoms with E-state index in [4.69, 9.17) is 27.6 Å². The molecule has 0 aliphatic carbocycles. The van der Waals surface area contributed by atoms with E-state index >= 15 is 0 Å². The minimum absolute atomic E-state index is 0.0272. The Labute approximate surface area is 198 Å². The van der Waals surface area contributed by atoms with E-state index in [1.54, 1.807) is 35.6 Å². The fourth-order valence-corrected chi connectivity index (χ4v) is 4.46. The van der Waals surface area contributed by atoms with Crippen molar-refractivity contribution >= 4 is 57.8 Å². The van der Waals surface area contributed by atoms with E-state index < -0.39 is 17.7 Å². The highest BCUT2D eigenvalue weighted by Gasteiger charge is 2.37. The van der Waals surface area contributed by atoms with Crippen molar-refractivity contribution in [1.29, 1.82) is 0 Å². The highest BCUT2D eigenvalue weighted by Crippen LogP contribution is 2.29. The molecule has 1 aliphatic rings. The number of Topliss-reactive ketones (excluding diaryl/α,β-unsaturated/α-hetero) is 1. The molecule has 0 unspecified atom stereocenters. The number of benzene rings is 1. The zero-order valence-electron chi connectivity index (χ0n) is 16.8. The van der Waals surface area contributed by atoms with Gasteiger partial charge in [0.15, 0.2) is 5.76 Å². The number of hydrogen-bond donors (Lipinski definition) is 1. The smallest absolute Gasteiger partial charge is 0.298 e. The van der Waals surface area contributed by atoms with Crippen molar-refractivity contribution in [2.24, 2.45) is 0 Å². The van der Waals surface area contributed by atoms with Crippen molar-refractivity contribution in [1.82, 2.24) is 10.2 Å². The maximum absolute atomic E-state index is 13.1. The first-order valence-corrected chi connectivity index (χ1v) is 11.5. The van der Waals surface area contributed by atoms with Crippen LogP contribution >= 0.6 is 34.5 Å². The first kappa shape index (κ1) is 22.4. The van der Waals surface area contributed by atoms with Gasteiger partial charge in [0.2, 0.25) is 5.91 Å². The molecule has 1 saturated heterocycles. The number of nitrogens with zero attached hydrogens (tertiary/aromatic N) is 2. The third kappa shape index (κ3) is 4.82. The summed E-state index contributed by atoms with van der Waals surface area (Å²) in [4.78, 5) is 42.7. The van der Waals surface area contributed by atoms with Crippen molar-refractivity contribution in [3.8, 4) is 0 Å². The maximum Gasteiger partial charge on any atom is 0.298 e. The molecular weight excluding hydrogens is 473 g/mol. The predicted molar refractivity (Wildman–Crippen MR) is 123 cm³/mol. The van der Waals surface area contributed by atoms with Crippen LogP contribution < -0.4 is 10.2 Å². The third-order valence-electron chi connectivity index (χ3n) is 5.16. The van der Waals surface area contributed by atoms with E-state index in [0.29, 0.717) is 28.8 Å². The Morgan fingerprint density at radius 1 is 1.09 bits per heavy atom. The van der Waals surface area contributed by atoms with Gasteiger partial charge in [0.05, 0.1) is 29.4 Å². The molecule has 1 atom stereocenters. The van der Waals surface area contributed by atoms with Gasteiger partial charge in [-0.3, -0.25) is 14.4 Å². The molecule has 1 N–H and O–H groups in total. The summed E-state index contributed by atoms with van der Waals surface area (Å²) in [7, 11) is 0. The minimum atomic E-state index is -0.740. The van der Waals surface area contributed by atoms with Gasteiger partial charge in [0.1, 0.15) is 6.04 Å². The Hall–Kier alpha value is -2.81. The van der Waals surface area contributed by atoms with E-state index in [1.165, 1.54) is 17.2 Å². The number of piperazine rings is 1. The summed E-state index contributed by atoms with van der Waals surface area (Å²) in [6.07, 6.45) is 1.34. The average Bonchev–Trinajstić information content (AvgIpc) is 3.52. The molecule has 32 heavy (non-hydrogen) atoms. The largest absolute Gasteiger partial charge is 0.461 e. The van der Waals surface area contributed by atoms with Gasteiger partial charge in [-0.15, -0.1) is 11.3 Å². The Kier molecular flexibility index (Phi) is 6.83. The zero-order chi connectivity index (χ0) is 22.7. The highest BCUT2D eigenvalue weighted by molar-refractivity contribution is 7.09. The molecule has 1 fully saturated rings. The summed E-state index contributed by atoms with van der Waals surface area (Å²) >= 11 is 13.8. The van der Waals surface area contributed by atoms with Gasteiger partial charge in [0.25, 0.3) is 11.7 Å². The standard InChI is InChI=1S/C22H19Cl2N3O4S/c23-16-6-5-14(11-17(16)24)27-8-7-26(22(30)20(28)19-4-1-9-31-19)13-18(27)21(29)25-12-15-3-2-10-32-15/h1-6,9-11,18H,7-8,12-13H2,(H,25,29)/t18-/m0/s1. The second kappa shape index (κ2) is 9.77. The molecular formula is C22H19Cl2N3O4S. The van der Waals surface area contributed by atoms with Gasteiger partial charge < -0.3 is 19.5 Å². The van der Waals surface area contributed by atoms with E-state index in [9.17, 15) is 14.4 Å². The van der Waals surface area contributed by atoms with Crippen LogP contribution in [-0.2, 0) is 16.1 Å². The SMILES string of the molecule is O=C(C(=O)N1CCN(c2ccc(Cl)c(Cl)c2)[C@H](C(=O)NCc2cccs2)C1)c1ccco1. The predicted octanol–water partition coefficient (Wildman–Crippen LogP) is 3.86. The average molecular weight is 492 g/mol. The second-order valence-electron chi connectivity index (χ2n) is 7.16. The van der Waals surface area contributed by atoms with Crippen LogP contribution in [0.15, 0.2) is 58.5 Å². The maximum atomic E-state index is 13.1. The number of carbonyl (C=O) groups is 3. The molecule has 0 saturated carbocycles. The molecule has 10 heteroatoms. The van der Waals surface area contributed by atoms with Crippen LogP contribution in [0.25, 0.3) is 0 Å². The van der Waals surface area contributed by atoms with E-state index in [0.717, 1.165) is 4.88 Å². The lowest BCUT2D eigenvalue weighted by Crippen LogP contribution is -2.61. The molecule has 166 valence electrons. The number of ketones is 1. The van der Waals surface area contributed by atoms with E-state index in [2.05, 4.69) is 5.32 Å². The normalized spacial score (nSPS) is 16.1. The lowest BCUT2D eigenvalue weighted by atomic mass is 10.1. The van der Waals surface area contributed by atoms with Crippen LogP contribution in [0.2, 0.25) is 10.0 Å². The Morgan fingerprint density at radius 2 is 1.94 bits per heavy atom. The number of nitrogens with one attached hydrogen (secondary N) is 1. The van der Waals surface area contributed by atoms with Gasteiger partial charge in [-0.2, -0.15) is 0 Å². The Morgan fingerprint density at radius 3 is 2.62 bits per heavy atom. The van der Waals surface area contributed by atoms with Gasteiger partial charge in [-0.1, -0.05) is 29.3 Å². The van der Waals surface area contributed by atoms with Crippen LogP contribution in [-0.4, -0.2) is 48.2 Å². The number of halogens is 2. The molecule has 0 bridgehead atoms. The van der Waals surface area contributed by atoms with Crippen LogP contribution in [0.4, 0.5) is 5.69 Å². The number of rotatable bonds is 6. The van der Waals surface area contributed by atoms with Crippen LogP contribution in [0.3, 0.4) is 0 Å². The summed E-state index contributed by atoms with van der Waals surface area (Å²) in [6.45, 7) is 1.02. The quantitative estimate of drug-likeness (QED) is 0.418. The molecule has 7 nitrogen and oxygen atoms in total. The number of thiophene rings is 1. The van der Waals surface area contributed by atoms with Crippen molar-refractivity contribution in [2.45, 2.75) is 12.6 Å². The number of amides is 2. The summed E-state index contributed by atoms with van der Waals surface area (Å²) in [5, 5.41) is 5.64. The molecule has 1 aliphatic heterocycles. The third-order valence-corrected chi connectivity index (χ3v) is 6.78. The first-order valence-electron chi connectivity index (χ1n) is 9.83. The number of furan rings is 1.